The number of hydrogen-bond donors (Lipinski definition) is 0. The lowest BCUT2D eigenvalue weighted by Gasteiger charge is -2.27. The molecule has 0 atom stereocenters. The Kier molecular flexibility index (Phi) is 3.90. The zero-order chi connectivity index (χ0) is 17.2. The maximum absolute atomic E-state index is 10.7. The minimum Gasteiger partial charge on any atom is -0.404 e. The van der Waals surface area contributed by atoms with Gasteiger partial charge in [-0.05, 0) is 6.07 Å². The summed E-state index contributed by atoms with van der Waals surface area (Å²) >= 11 is 0. The highest BCUT2D eigenvalue weighted by Crippen LogP contribution is 2.23. The van der Waals surface area contributed by atoms with E-state index in [1.54, 1.807) is 18.5 Å². The monoisotopic (exact) mass is 338 g/mol. The summed E-state index contributed by atoms with van der Waals surface area (Å²) in [6, 6.07) is 3.02. The number of aromatic nitrogens is 4. The molecule has 4 rings (SSSR count). The molecular weight excluding hydrogens is 324 g/mol. The number of nitro groups is 1. The van der Waals surface area contributed by atoms with E-state index in [2.05, 4.69) is 24.8 Å². The van der Waals surface area contributed by atoms with Gasteiger partial charge in [0.05, 0.1) is 23.9 Å². The molecule has 1 aliphatic heterocycles. The van der Waals surface area contributed by atoms with Crippen LogP contribution in [0.3, 0.4) is 0 Å². The fourth-order valence-electron chi connectivity index (χ4n) is 2.83. The van der Waals surface area contributed by atoms with Crippen molar-refractivity contribution in [2.45, 2.75) is 19.5 Å². The van der Waals surface area contributed by atoms with Gasteiger partial charge >= 0.3 is 5.88 Å². The van der Waals surface area contributed by atoms with Crippen LogP contribution >= 0.6 is 0 Å². The molecule has 0 bridgehead atoms. The summed E-state index contributed by atoms with van der Waals surface area (Å²) < 4.78 is 5.23. The highest BCUT2D eigenvalue weighted by Gasteiger charge is 2.21. The van der Waals surface area contributed by atoms with Crippen molar-refractivity contribution < 1.29 is 9.34 Å². The normalized spacial score (nSPS) is 14.2. The molecule has 0 fully saturated rings. The molecule has 0 unspecified atom stereocenters. The van der Waals surface area contributed by atoms with Gasteiger partial charge in [0.25, 0.3) is 0 Å². The summed E-state index contributed by atoms with van der Waals surface area (Å²) in [7, 11) is 0. The van der Waals surface area contributed by atoms with Gasteiger partial charge in [-0.2, -0.15) is 0 Å². The quantitative estimate of drug-likeness (QED) is 0.524. The van der Waals surface area contributed by atoms with E-state index >= 15 is 0 Å². The van der Waals surface area contributed by atoms with Crippen molar-refractivity contribution in [2.24, 2.45) is 0 Å². The molecule has 0 spiro atoms. The molecule has 0 aliphatic carbocycles. The zero-order valence-corrected chi connectivity index (χ0v) is 13.2. The predicted octanol–water partition coefficient (Wildman–Crippen LogP) is 1.99. The van der Waals surface area contributed by atoms with Gasteiger partial charge in [0, 0.05) is 43.7 Å². The number of furan rings is 1. The highest BCUT2D eigenvalue weighted by molar-refractivity contribution is 5.52. The van der Waals surface area contributed by atoms with E-state index in [0.29, 0.717) is 24.7 Å². The smallest absolute Gasteiger partial charge is 0.404 e. The average Bonchev–Trinajstić information content (AvgIpc) is 3.11. The first-order valence-corrected chi connectivity index (χ1v) is 7.74. The molecule has 3 aromatic rings. The molecule has 0 radical (unpaired) electrons. The fraction of sp³-hybridized carbons (Fsp3) is 0.250. The van der Waals surface area contributed by atoms with E-state index in [0.717, 1.165) is 29.8 Å². The third-order valence-corrected chi connectivity index (χ3v) is 4.04. The maximum Gasteiger partial charge on any atom is 0.433 e. The van der Waals surface area contributed by atoms with Crippen molar-refractivity contribution in [2.75, 3.05) is 6.54 Å². The van der Waals surface area contributed by atoms with Crippen LogP contribution < -0.4 is 0 Å². The van der Waals surface area contributed by atoms with Crippen LogP contribution in [-0.2, 0) is 19.5 Å². The first-order chi connectivity index (χ1) is 12.2. The Labute approximate surface area is 142 Å². The molecule has 3 aromatic heterocycles. The van der Waals surface area contributed by atoms with Crippen LogP contribution in [0, 0.1) is 10.1 Å². The molecule has 0 N–H and O–H groups in total. The summed E-state index contributed by atoms with van der Waals surface area (Å²) in [5.74, 6) is 0.967. The lowest BCUT2D eigenvalue weighted by atomic mass is 10.1. The number of fused-ring (bicyclic) bond motifs is 1. The average molecular weight is 338 g/mol. The molecule has 1 aliphatic rings. The van der Waals surface area contributed by atoms with E-state index in [1.807, 2.05) is 6.20 Å². The molecule has 0 saturated heterocycles. The van der Waals surface area contributed by atoms with Gasteiger partial charge in [0.15, 0.2) is 5.82 Å². The minimum absolute atomic E-state index is 0.231. The van der Waals surface area contributed by atoms with Gasteiger partial charge in [-0.15, -0.1) is 0 Å². The van der Waals surface area contributed by atoms with E-state index in [9.17, 15) is 10.1 Å². The van der Waals surface area contributed by atoms with Crippen LogP contribution in [0.5, 0.6) is 0 Å². The molecule has 9 nitrogen and oxygen atoms in total. The van der Waals surface area contributed by atoms with Crippen molar-refractivity contribution >= 4 is 5.88 Å². The molecule has 0 aromatic carbocycles. The number of hydrogen-bond acceptors (Lipinski definition) is 8. The van der Waals surface area contributed by atoms with Crippen LogP contribution in [0.15, 0.2) is 41.5 Å². The first-order valence-electron chi connectivity index (χ1n) is 7.74. The molecule has 0 saturated carbocycles. The molecule has 126 valence electrons. The Bertz CT molecular complexity index is 911. The molecule has 9 heteroatoms. The summed E-state index contributed by atoms with van der Waals surface area (Å²) in [6.07, 6.45) is 7.45. The van der Waals surface area contributed by atoms with Crippen LogP contribution in [0.25, 0.3) is 11.4 Å². The molecule has 25 heavy (non-hydrogen) atoms. The van der Waals surface area contributed by atoms with Gasteiger partial charge < -0.3 is 4.42 Å². The Hall–Kier alpha value is -3.20. The standard InChI is InChI=1S/C16H14N6O3/c23-22(24)15-2-1-13(25-15)9-21-4-3-14-12(8-21)7-19-16(20-14)11-5-17-10-18-6-11/h1-2,5-7,10H,3-4,8-9H2. The SMILES string of the molecule is O=[N+]([O-])c1ccc(CN2CCc3nc(-c4cncnc4)ncc3C2)o1. The Morgan fingerprint density at radius 1 is 1.24 bits per heavy atom. The van der Waals surface area contributed by atoms with Crippen molar-refractivity contribution in [3.63, 3.8) is 0 Å². The second-order valence-corrected chi connectivity index (χ2v) is 5.75. The van der Waals surface area contributed by atoms with Gasteiger partial charge in [-0.3, -0.25) is 15.0 Å². The minimum atomic E-state index is -0.530. The van der Waals surface area contributed by atoms with E-state index in [-0.39, 0.29) is 5.88 Å². The van der Waals surface area contributed by atoms with Gasteiger partial charge in [-0.25, -0.2) is 19.9 Å². The number of rotatable bonds is 4. The van der Waals surface area contributed by atoms with E-state index < -0.39 is 4.92 Å². The van der Waals surface area contributed by atoms with Crippen LogP contribution in [0.4, 0.5) is 5.88 Å². The Morgan fingerprint density at radius 3 is 2.84 bits per heavy atom. The largest absolute Gasteiger partial charge is 0.433 e. The second kappa shape index (κ2) is 6.36. The summed E-state index contributed by atoms with van der Waals surface area (Å²) in [5, 5.41) is 10.7. The second-order valence-electron chi connectivity index (χ2n) is 5.75. The third kappa shape index (κ3) is 3.22. The third-order valence-electron chi connectivity index (χ3n) is 4.04. The molecule has 0 amide bonds. The van der Waals surface area contributed by atoms with Crippen LogP contribution in [0.2, 0.25) is 0 Å². The topological polar surface area (TPSA) is 111 Å². The lowest BCUT2D eigenvalue weighted by molar-refractivity contribution is -0.402. The molecule has 4 heterocycles. The van der Waals surface area contributed by atoms with Crippen molar-refractivity contribution in [3.05, 3.63) is 64.2 Å². The predicted molar refractivity (Wildman–Crippen MR) is 86.2 cm³/mol. The van der Waals surface area contributed by atoms with Crippen LogP contribution in [-0.4, -0.2) is 36.3 Å². The van der Waals surface area contributed by atoms with Crippen molar-refractivity contribution in [1.82, 2.24) is 24.8 Å². The van der Waals surface area contributed by atoms with Gasteiger partial charge in [-0.1, -0.05) is 0 Å². The Balaban J connectivity index is 1.49. The van der Waals surface area contributed by atoms with Gasteiger partial charge in [0.2, 0.25) is 0 Å². The molecular formula is C16H14N6O3. The zero-order valence-electron chi connectivity index (χ0n) is 13.2. The Morgan fingerprint density at radius 2 is 2.08 bits per heavy atom. The maximum atomic E-state index is 10.7. The highest BCUT2D eigenvalue weighted by atomic mass is 16.6. The first kappa shape index (κ1) is 15.3. The number of nitrogens with zero attached hydrogens (tertiary/aromatic N) is 6. The summed E-state index contributed by atoms with van der Waals surface area (Å²) in [5.41, 5.74) is 2.85. The van der Waals surface area contributed by atoms with Crippen LogP contribution in [0.1, 0.15) is 17.0 Å². The van der Waals surface area contributed by atoms with E-state index in [4.69, 9.17) is 4.42 Å². The fourth-order valence-corrected chi connectivity index (χ4v) is 2.83. The summed E-state index contributed by atoms with van der Waals surface area (Å²) in [4.78, 5) is 29.3. The van der Waals surface area contributed by atoms with E-state index in [1.165, 1.54) is 12.4 Å². The van der Waals surface area contributed by atoms with Crippen molar-refractivity contribution in [3.8, 4) is 11.4 Å². The summed E-state index contributed by atoms with van der Waals surface area (Å²) in [6.45, 7) is 1.99. The van der Waals surface area contributed by atoms with Crippen molar-refractivity contribution in [1.29, 1.82) is 0 Å². The van der Waals surface area contributed by atoms with Gasteiger partial charge in [0.1, 0.15) is 17.0 Å². The lowest BCUT2D eigenvalue weighted by Crippen LogP contribution is -2.30.